The van der Waals surface area contributed by atoms with Crippen LogP contribution in [0.2, 0.25) is 0 Å². The van der Waals surface area contributed by atoms with Crippen LogP contribution >= 0.6 is 11.8 Å². The Morgan fingerprint density at radius 1 is 1.15 bits per heavy atom. The smallest absolute Gasteiger partial charge is 0.309 e. The van der Waals surface area contributed by atoms with Gasteiger partial charge in [-0.15, -0.1) is 0 Å². The number of alkyl halides is 3. The molecular formula is C15H22F3NS. The molecule has 0 aliphatic carbocycles. The maximum absolute atomic E-state index is 13.1. The zero-order chi connectivity index (χ0) is 15.4. The van der Waals surface area contributed by atoms with Crippen LogP contribution in [0, 0.1) is 0 Å². The summed E-state index contributed by atoms with van der Waals surface area (Å²) in [5.74, 6) is 0.616. The molecule has 0 spiro atoms. The van der Waals surface area contributed by atoms with Crippen molar-refractivity contribution in [2.24, 2.45) is 0 Å². The van der Waals surface area contributed by atoms with Crippen molar-refractivity contribution in [3.8, 4) is 0 Å². The molecule has 0 aliphatic rings. The van der Waals surface area contributed by atoms with Gasteiger partial charge in [-0.2, -0.15) is 24.9 Å². The van der Waals surface area contributed by atoms with Crippen molar-refractivity contribution in [1.29, 1.82) is 0 Å². The van der Waals surface area contributed by atoms with Crippen LogP contribution in [0.4, 0.5) is 13.2 Å². The molecular weight excluding hydrogens is 283 g/mol. The second-order valence-corrected chi connectivity index (χ2v) is 7.47. The van der Waals surface area contributed by atoms with Crippen LogP contribution in [0.25, 0.3) is 0 Å². The molecule has 0 radical (unpaired) electrons. The van der Waals surface area contributed by atoms with Gasteiger partial charge in [0.2, 0.25) is 0 Å². The average Bonchev–Trinajstić information content (AvgIpc) is 2.32. The van der Waals surface area contributed by atoms with Crippen LogP contribution in [0.3, 0.4) is 0 Å². The molecule has 1 aromatic rings. The lowest BCUT2D eigenvalue weighted by Crippen LogP contribution is -2.27. The normalized spacial score (nSPS) is 14.3. The van der Waals surface area contributed by atoms with Gasteiger partial charge in [0.1, 0.15) is 0 Å². The minimum absolute atomic E-state index is 0.0286. The minimum atomic E-state index is -4.31. The summed E-state index contributed by atoms with van der Waals surface area (Å²) < 4.78 is 39.3. The van der Waals surface area contributed by atoms with Crippen molar-refractivity contribution in [3.63, 3.8) is 0 Å². The summed E-state index contributed by atoms with van der Waals surface area (Å²) in [6.45, 7) is 8.75. The highest BCUT2D eigenvalue weighted by atomic mass is 32.2. The molecule has 1 rings (SSSR count). The third kappa shape index (κ3) is 5.37. The van der Waals surface area contributed by atoms with Gasteiger partial charge in [0.15, 0.2) is 0 Å². The van der Waals surface area contributed by atoms with Crippen LogP contribution in [-0.4, -0.2) is 17.0 Å². The van der Waals surface area contributed by atoms with E-state index in [-0.39, 0.29) is 10.8 Å². The highest BCUT2D eigenvalue weighted by Gasteiger charge is 2.35. The number of hydrogen-bond donors (Lipinski definition) is 1. The Hall–Kier alpha value is -0.680. The Morgan fingerprint density at radius 2 is 1.75 bits per heavy atom. The summed E-state index contributed by atoms with van der Waals surface area (Å²) in [5.41, 5.74) is -0.209. The lowest BCUT2D eigenvalue weighted by Gasteiger charge is -2.26. The van der Waals surface area contributed by atoms with Gasteiger partial charge in [0.05, 0.1) is 5.56 Å². The van der Waals surface area contributed by atoms with Crippen LogP contribution in [0.5, 0.6) is 0 Å². The van der Waals surface area contributed by atoms with Gasteiger partial charge in [-0.05, 0) is 18.2 Å². The zero-order valence-corrected chi connectivity index (χ0v) is 13.2. The minimum Gasteiger partial charge on any atom is -0.309 e. The van der Waals surface area contributed by atoms with Crippen molar-refractivity contribution in [2.45, 2.75) is 44.7 Å². The lowest BCUT2D eigenvalue weighted by atomic mass is 10.0. The fourth-order valence-electron chi connectivity index (χ4n) is 1.90. The zero-order valence-electron chi connectivity index (χ0n) is 12.3. The van der Waals surface area contributed by atoms with Gasteiger partial charge in [-0.25, -0.2) is 0 Å². The summed E-state index contributed by atoms with van der Waals surface area (Å²) in [6, 6.07) is 5.53. The fraction of sp³-hybridized carbons (Fsp3) is 0.600. The molecule has 1 aromatic carbocycles. The van der Waals surface area contributed by atoms with Gasteiger partial charge in [-0.1, -0.05) is 45.9 Å². The van der Waals surface area contributed by atoms with Crippen molar-refractivity contribution in [1.82, 2.24) is 5.32 Å². The van der Waals surface area contributed by atoms with Crippen LogP contribution in [-0.2, 0) is 6.18 Å². The molecule has 1 nitrogen and oxygen atoms in total. The van der Waals surface area contributed by atoms with E-state index in [4.69, 9.17) is 0 Å². The number of thioether (sulfide) groups is 1. The predicted molar refractivity (Wildman–Crippen MR) is 80.1 cm³/mol. The molecule has 114 valence electrons. The van der Waals surface area contributed by atoms with E-state index in [1.54, 1.807) is 23.9 Å². The summed E-state index contributed by atoms with van der Waals surface area (Å²) in [5, 5.41) is 3.16. The van der Waals surface area contributed by atoms with Crippen molar-refractivity contribution in [3.05, 3.63) is 35.4 Å². The molecule has 0 amide bonds. The topological polar surface area (TPSA) is 12.0 Å². The summed E-state index contributed by atoms with van der Waals surface area (Å²) in [6.07, 6.45) is -4.31. The first kappa shape index (κ1) is 17.4. The van der Waals surface area contributed by atoms with E-state index in [0.29, 0.717) is 17.9 Å². The van der Waals surface area contributed by atoms with Crippen molar-refractivity contribution >= 4 is 11.8 Å². The second kappa shape index (κ2) is 6.85. The van der Waals surface area contributed by atoms with Crippen LogP contribution in [0.15, 0.2) is 24.3 Å². The van der Waals surface area contributed by atoms with Gasteiger partial charge in [0, 0.05) is 16.5 Å². The highest BCUT2D eigenvalue weighted by Crippen LogP contribution is 2.36. The first-order chi connectivity index (χ1) is 9.15. The summed E-state index contributed by atoms with van der Waals surface area (Å²) in [4.78, 5) is 0. The lowest BCUT2D eigenvalue weighted by molar-refractivity contribution is -0.138. The first-order valence-electron chi connectivity index (χ1n) is 6.68. The van der Waals surface area contributed by atoms with E-state index in [0.717, 1.165) is 6.07 Å². The van der Waals surface area contributed by atoms with Crippen molar-refractivity contribution < 1.29 is 13.2 Å². The molecule has 0 heterocycles. The molecule has 20 heavy (non-hydrogen) atoms. The standard InChI is InChI=1S/C15H22F3NS/c1-5-19-13(10-20-14(2,3)4)11-8-6-7-9-12(11)15(16,17)18/h6-9,13,19H,5,10H2,1-4H3. The first-order valence-corrected chi connectivity index (χ1v) is 7.67. The van der Waals surface area contributed by atoms with E-state index >= 15 is 0 Å². The molecule has 1 unspecified atom stereocenters. The maximum atomic E-state index is 13.1. The summed E-state index contributed by atoms with van der Waals surface area (Å²) >= 11 is 1.67. The van der Waals surface area contributed by atoms with Gasteiger partial charge in [0.25, 0.3) is 0 Å². The average molecular weight is 305 g/mol. The molecule has 0 aromatic heterocycles. The molecule has 5 heteroatoms. The van der Waals surface area contributed by atoms with E-state index < -0.39 is 11.7 Å². The molecule has 0 aliphatic heterocycles. The van der Waals surface area contributed by atoms with Gasteiger partial charge in [-0.3, -0.25) is 0 Å². The Labute approximate surface area is 123 Å². The van der Waals surface area contributed by atoms with Gasteiger partial charge < -0.3 is 5.32 Å². The fourth-order valence-corrected chi connectivity index (χ4v) is 2.86. The molecule has 0 saturated carbocycles. The molecule has 0 bridgehead atoms. The molecule has 1 N–H and O–H groups in total. The van der Waals surface area contributed by atoms with Crippen LogP contribution < -0.4 is 5.32 Å². The number of hydrogen-bond acceptors (Lipinski definition) is 2. The monoisotopic (exact) mass is 305 g/mol. The Bertz CT molecular complexity index is 424. The van der Waals surface area contributed by atoms with E-state index in [2.05, 4.69) is 26.1 Å². The number of halogens is 3. The summed E-state index contributed by atoms with van der Waals surface area (Å²) in [7, 11) is 0. The van der Waals surface area contributed by atoms with Gasteiger partial charge >= 0.3 is 6.18 Å². The third-order valence-corrected chi connectivity index (χ3v) is 4.14. The van der Waals surface area contributed by atoms with Crippen molar-refractivity contribution in [2.75, 3.05) is 12.3 Å². The molecule has 0 saturated heterocycles. The molecule has 0 fully saturated rings. The molecule has 1 atom stereocenters. The van der Waals surface area contributed by atoms with E-state index in [1.807, 2.05) is 6.92 Å². The Balaban J connectivity index is 3.03. The van der Waals surface area contributed by atoms with E-state index in [1.165, 1.54) is 6.07 Å². The number of nitrogens with one attached hydrogen (secondary N) is 1. The number of rotatable bonds is 5. The second-order valence-electron chi connectivity index (χ2n) is 5.62. The predicted octanol–water partition coefficient (Wildman–Crippen LogP) is 4.89. The maximum Gasteiger partial charge on any atom is 0.416 e. The third-order valence-electron chi connectivity index (χ3n) is 2.78. The SMILES string of the molecule is CCNC(CSC(C)(C)C)c1ccccc1C(F)(F)F. The highest BCUT2D eigenvalue weighted by molar-refractivity contribution is 8.00. The largest absolute Gasteiger partial charge is 0.416 e. The number of benzene rings is 1. The Morgan fingerprint density at radius 3 is 2.25 bits per heavy atom. The Kier molecular flexibility index (Phi) is 5.95. The van der Waals surface area contributed by atoms with Crippen LogP contribution in [0.1, 0.15) is 44.9 Å². The quantitative estimate of drug-likeness (QED) is 0.831. The van der Waals surface area contributed by atoms with E-state index in [9.17, 15) is 13.2 Å².